The van der Waals surface area contributed by atoms with Crippen molar-refractivity contribution in [3.63, 3.8) is 0 Å². The Labute approximate surface area is 197 Å². The van der Waals surface area contributed by atoms with Gasteiger partial charge >= 0.3 is 0 Å². The Morgan fingerprint density at radius 1 is 1.12 bits per heavy atom. The predicted octanol–water partition coefficient (Wildman–Crippen LogP) is 2.99. The van der Waals surface area contributed by atoms with Crippen LogP contribution in [-0.2, 0) is 16.0 Å². The maximum absolute atomic E-state index is 13.7. The number of allylic oxidation sites excluding steroid dienone is 3. The van der Waals surface area contributed by atoms with Gasteiger partial charge in [-0.25, -0.2) is 0 Å². The molecule has 2 aliphatic carbocycles. The second-order valence-corrected chi connectivity index (χ2v) is 9.46. The van der Waals surface area contributed by atoms with E-state index < -0.39 is 0 Å². The molecule has 1 aromatic carbocycles. The fraction of sp³-hybridized carbons (Fsp3) is 0.519. The minimum atomic E-state index is -0.0820. The number of hydrogen-bond donors (Lipinski definition) is 1. The molecule has 2 heterocycles. The minimum Gasteiger partial charge on any atom is -0.383 e. The SMILES string of the molecule is COCCN1C(C(=O)N2CCCN(C3CCC3)CC2)=CNC1C1=CC=CCc2ccccc21. The van der Waals surface area contributed by atoms with Gasteiger partial charge in [0.05, 0.1) is 6.61 Å². The Balaban J connectivity index is 1.34. The Bertz CT molecular complexity index is 949. The first-order valence-electron chi connectivity index (χ1n) is 12.5. The number of nitrogens with one attached hydrogen (secondary N) is 1. The van der Waals surface area contributed by atoms with E-state index in [4.69, 9.17) is 4.74 Å². The molecule has 0 aromatic heterocycles. The van der Waals surface area contributed by atoms with Gasteiger partial charge in [0, 0.05) is 57.6 Å². The molecule has 2 aliphatic heterocycles. The molecule has 0 spiro atoms. The Morgan fingerprint density at radius 3 is 2.82 bits per heavy atom. The monoisotopic (exact) mass is 448 g/mol. The molecule has 6 nitrogen and oxygen atoms in total. The number of carbonyl (C=O) groups is 1. The average Bonchev–Trinajstić information content (AvgIpc) is 2.95. The summed E-state index contributed by atoms with van der Waals surface area (Å²) >= 11 is 0. The van der Waals surface area contributed by atoms with E-state index in [0.717, 1.165) is 50.8 Å². The van der Waals surface area contributed by atoms with Gasteiger partial charge in [0.25, 0.3) is 5.91 Å². The molecular weight excluding hydrogens is 412 g/mol. The Hall–Kier alpha value is -2.57. The molecule has 6 heteroatoms. The van der Waals surface area contributed by atoms with E-state index in [-0.39, 0.29) is 12.1 Å². The van der Waals surface area contributed by atoms with Gasteiger partial charge in [0.15, 0.2) is 0 Å². The number of amides is 1. The summed E-state index contributed by atoms with van der Waals surface area (Å²) < 4.78 is 5.42. The highest BCUT2D eigenvalue weighted by Gasteiger charge is 2.36. The van der Waals surface area contributed by atoms with Crippen LogP contribution in [0, 0.1) is 0 Å². The molecule has 176 valence electrons. The third kappa shape index (κ3) is 4.59. The van der Waals surface area contributed by atoms with E-state index >= 15 is 0 Å². The van der Waals surface area contributed by atoms with E-state index in [1.165, 1.54) is 36.0 Å². The minimum absolute atomic E-state index is 0.0820. The molecule has 1 unspecified atom stereocenters. The molecule has 4 aliphatic rings. The summed E-state index contributed by atoms with van der Waals surface area (Å²) in [4.78, 5) is 20.6. The molecule has 5 rings (SSSR count). The van der Waals surface area contributed by atoms with Crippen molar-refractivity contribution in [2.75, 3.05) is 46.4 Å². The molecule has 1 N–H and O–H groups in total. The van der Waals surface area contributed by atoms with Crippen LogP contribution in [0.2, 0.25) is 0 Å². The lowest BCUT2D eigenvalue weighted by Crippen LogP contribution is -2.45. The summed E-state index contributed by atoms with van der Waals surface area (Å²) in [7, 11) is 1.72. The number of nitrogens with zero attached hydrogens (tertiary/aromatic N) is 3. The van der Waals surface area contributed by atoms with Crippen LogP contribution >= 0.6 is 0 Å². The molecule has 1 saturated heterocycles. The van der Waals surface area contributed by atoms with Gasteiger partial charge in [-0.3, -0.25) is 9.69 Å². The Morgan fingerprint density at radius 2 is 2.00 bits per heavy atom. The summed E-state index contributed by atoms with van der Waals surface area (Å²) in [5.74, 6) is 0.134. The first-order valence-corrected chi connectivity index (χ1v) is 12.5. The van der Waals surface area contributed by atoms with Crippen LogP contribution in [0.15, 0.2) is 54.4 Å². The van der Waals surface area contributed by atoms with E-state index in [1.54, 1.807) is 7.11 Å². The smallest absolute Gasteiger partial charge is 0.271 e. The number of fused-ring (bicyclic) bond motifs is 1. The number of rotatable bonds is 6. The lowest BCUT2D eigenvalue weighted by molar-refractivity contribution is -0.128. The average molecular weight is 449 g/mol. The quantitative estimate of drug-likeness (QED) is 0.725. The highest BCUT2D eigenvalue weighted by Crippen LogP contribution is 2.32. The number of methoxy groups -OCH3 is 1. The molecule has 1 saturated carbocycles. The van der Waals surface area contributed by atoms with Crippen molar-refractivity contribution >= 4 is 11.5 Å². The van der Waals surface area contributed by atoms with Gasteiger partial charge < -0.3 is 19.9 Å². The highest BCUT2D eigenvalue weighted by atomic mass is 16.5. The van der Waals surface area contributed by atoms with Crippen LogP contribution in [0.4, 0.5) is 0 Å². The van der Waals surface area contributed by atoms with Gasteiger partial charge in [-0.1, -0.05) is 48.9 Å². The summed E-state index contributed by atoms with van der Waals surface area (Å²) in [5.41, 5.74) is 4.51. The van der Waals surface area contributed by atoms with Crippen molar-refractivity contribution < 1.29 is 9.53 Å². The summed E-state index contributed by atoms with van der Waals surface area (Å²) in [5, 5.41) is 3.53. The first-order chi connectivity index (χ1) is 16.3. The largest absolute Gasteiger partial charge is 0.383 e. The zero-order chi connectivity index (χ0) is 22.6. The maximum atomic E-state index is 13.7. The molecule has 0 radical (unpaired) electrons. The van der Waals surface area contributed by atoms with Crippen molar-refractivity contribution in [3.05, 3.63) is 65.5 Å². The number of carbonyl (C=O) groups excluding carboxylic acids is 1. The van der Waals surface area contributed by atoms with Crippen molar-refractivity contribution in [2.24, 2.45) is 0 Å². The lowest BCUT2D eigenvalue weighted by atomic mass is 9.91. The van der Waals surface area contributed by atoms with Crippen LogP contribution in [0.25, 0.3) is 5.57 Å². The highest BCUT2D eigenvalue weighted by molar-refractivity contribution is 5.94. The predicted molar refractivity (Wildman–Crippen MR) is 131 cm³/mol. The molecule has 0 bridgehead atoms. The third-order valence-corrected chi connectivity index (χ3v) is 7.54. The van der Waals surface area contributed by atoms with E-state index in [0.29, 0.717) is 13.2 Å². The van der Waals surface area contributed by atoms with E-state index in [9.17, 15) is 4.79 Å². The zero-order valence-corrected chi connectivity index (χ0v) is 19.7. The normalized spacial score (nSPS) is 23.7. The van der Waals surface area contributed by atoms with Crippen LogP contribution in [0.3, 0.4) is 0 Å². The standard InChI is InChI=1S/C27H36N4O2/c1-33-19-18-31-25(27(32)30-15-7-14-29(16-17-30)22-10-6-11-22)20-28-26(31)24-13-5-3-9-21-8-2-4-12-23(21)24/h2-5,8,12-13,20,22,26,28H,6-7,9-11,14-19H2,1H3. The molecule has 2 fully saturated rings. The molecular formula is C27H36N4O2. The number of hydrogen-bond acceptors (Lipinski definition) is 5. The fourth-order valence-electron chi connectivity index (χ4n) is 5.45. The van der Waals surface area contributed by atoms with Crippen LogP contribution in [-0.4, -0.2) is 79.3 Å². The van der Waals surface area contributed by atoms with Crippen molar-refractivity contribution in [2.45, 2.75) is 44.3 Å². The molecule has 1 aromatic rings. The third-order valence-electron chi connectivity index (χ3n) is 7.54. The van der Waals surface area contributed by atoms with Gasteiger partial charge in [0.2, 0.25) is 0 Å². The fourth-order valence-corrected chi connectivity index (χ4v) is 5.45. The van der Waals surface area contributed by atoms with Crippen molar-refractivity contribution in [1.82, 2.24) is 20.0 Å². The van der Waals surface area contributed by atoms with Crippen LogP contribution in [0.1, 0.15) is 36.8 Å². The van der Waals surface area contributed by atoms with E-state index in [2.05, 4.69) is 62.5 Å². The van der Waals surface area contributed by atoms with Gasteiger partial charge in [-0.15, -0.1) is 0 Å². The maximum Gasteiger partial charge on any atom is 0.271 e. The topological polar surface area (TPSA) is 48.1 Å². The van der Waals surface area contributed by atoms with Gasteiger partial charge in [-0.05, 0) is 36.8 Å². The second-order valence-electron chi connectivity index (χ2n) is 9.46. The first kappa shape index (κ1) is 22.2. The summed E-state index contributed by atoms with van der Waals surface area (Å²) in [6, 6.07) is 9.31. The molecule has 1 atom stereocenters. The van der Waals surface area contributed by atoms with Crippen LogP contribution < -0.4 is 5.32 Å². The van der Waals surface area contributed by atoms with E-state index in [1.807, 2.05) is 6.20 Å². The van der Waals surface area contributed by atoms with Crippen molar-refractivity contribution in [1.29, 1.82) is 0 Å². The lowest BCUT2D eigenvalue weighted by Gasteiger charge is -2.37. The van der Waals surface area contributed by atoms with Crippen molar-refractivity contribution in [3.8, 4) is 0 Å². The second kappa shape index (κ2) is 10.1. The zero-order valence-electron chi connectivity index (χ0n) is 19.7. The number of benzene rings is 1. The van der Waals surface area contributed by atoms with Gasteiger partial charge in [0.1, 0.15) is 11.9 Å². The summed E-state index contributed by atoms with van der Waals surface area (Å²) in [6.45, 7) is 4.97. The van der Waals surface area contributed by atoms with Gasteiger partial charge in [-0.2, -0.15) is 0 Å². The Kier molecular flexibility index (Phi) is 6.83. The molecule has 1 amide bonds. The summed E-state index contributed by atoms with van der Waals surface area (Å²) in [6.07, 6.45) is 14.3. The van der Waals surface area contributed by atoms with Crippen LogP contribution in [0.5, 0.6) is 0 Å². The number of ether oxygens (including phenoxy) is 1. The molecule has 33 heavy (non-hydrogen) atoms.